The molecule has 0 radical (unpaired) electrons. The Morgan fingerprint density at radius 2 is 1.46 bits per heavy atom. The van der Waals surface area contributed by atoms with E-state index in [0.717, 1.165) is 51.0 Å². The number of benzene rings is 1. The fourth-order valence-electron chi connectivity index (χ4n) is 4.67. The topological polar surface area (TPSA) is 38.8 Å². The van der Waals surface area contributed by atoms with Gasteiger partial charge in [0.05, 0.1) is 0 Å². The molecule has 1 saturated carbocycles. The highest BCUT2D eigenvalue weighted by atomic mass is 16.2. The molecule has 5 nitrogen and oxygen atoms in total. The van der Waals surface area contributed by atoms with Gasteiger partial charge in [0, 0.05) is 56.7 Å². The zero-order valence-electron chi connectivity index (χ0n) is 15.8. The van der Waals surface area contributed by atoms with Crippen LogP contribution < -0.4 is 10.2 Å². The Hall–Kier alpha value is -1.75. The third-order valence-corrected chi connectivity index (χ3v) is 6.28. The molecule has 2 saturated heterocycles. The maximum Gasteiger partial charge on any atom is 0.321 e. The molecular formula is C21H32N4O. The average Bonchev–Trinajstić information content (AvgIpc) is 3.24. The summed E-state index contributed by atoms with van der Waals surface area (Å²) in [5.41, 5.74) is 2.17. The van der Waals surface area contributed by atoms with Gasteiger partial charge < -0.3 is 15.1 Å². The van der Waals surface area contributed by atoms with E-state index in [-0.39, 0.29) is 6.03 Å². The van der Waals surface area contributed by atoms with Crippen molar-refractivity contribution in [2.24, 2.45) is 0 Å². The van der Waals surface area contributed by atoms with Crippen molar-refractivity contribution in [3.05, 3.63) is 24.3 Å². The van der Waals surface area contributed by atoms with E-state index < -0.39 is 0 Å². The average molecular weight is 357 g/mol. The zero-order chi connectivity index (χ0) is 17.8. The number of rotatable bonds is 3. The summed E-state index contributed by atoms with van der Waals surface area (Å²) in [6.07, 6.45) is 9.35. The van der Waals surface area contributed by atoms with Crippen LogP contribution in [-0.2, 0) is 0 Å². The fraction of sp³-hybridized carbons (Fsp3) is 0.667. The number of amides is 2. The van der Waals surface area contributed by atoms with Crippen LogP contribution in [0.3, 0.4) is 0 Å². The number of nitrogens with zero attached hydrogens (tertiary/aromatic N) is 3. The molecule has 2 amide bonds. The summed E-state index contributed by atoms with van der Waals surface area (Å²) in [5, 5.41) is 3.08. The van der Waals surface area contributed by atoms with Crippen LogP contribution in [-0.4, -0.2) is 61.1 Å². The number of carbonyl (C=O) groups excluding carboxylic acids is 1. The molecule has 4 rings (SSSR count). The van der Waals surface area contributed by atoms with Crippen LogP contribution in [0.1, 0.15) is 44.9 Å². The van der Waals surface area contributed by atoms with Gasteiger partial charge in [-0.05, 0) is 56.4 Å². The van der Waals surface area contributed by atoms with Crippen LogP contribution in [0.25, 0.3) is 0 Å². The first-order chi connectivity index (χ1) is 12.8. The van der Waals surface area contributed by atoms with E-state index in [9.17, 15) is 4.79 Å². The summed E-state index contributed by atoms with van der Waals surface area (Å²) < 4.78 is 0. The molecule has 0 unspecified atom stereocenters. The van der Waals surface area contributed by atoms with E-state index in [1.165, 1.54) is 50.6 Å². The van der Waals surface area contributed by atoms with Crippen LogP contribution in [0, 0.1) is 0 Å². The third kappa shape index (κ3) is 4.14. The monoisotopic (exact) mass is 356 g/mol. The van der Waals surface area contributed by atoms with Gasteiger partial charge in [-0.3, -0.25) is 4.90 Å². The number of carbonyl (C=O) groups is 1. The summed E-state index contributed by atoms with van der Waals surface area (Å²) >= 11 is 0. The number of piperidine rings is 1. The number of nitrogens with one attached hydrogen (secondary N) is 1. The number of hydrogen-bond donors (Lipinski definition) is 1. The lowest BCUT2D eigenvalue weighted by atomic mass is 10.1. The second-order valence-electron chi connectivity index (χ2n) is 7.99. The summed E-state index contributed by atoms with van der Waals surface area (Å²) in [5.74, 6) is 0. The van der Waals surface area contributed by atoms with Gasteiger partial charge in [0.2, 0.25) is 0 Å². The van der Waals surface area contributed by atoms with Crippen LogP contribution in [0.4, 0.5) is 16.2 Å². The number of urea groups is 1. The minimum absolute atomic E-state index is 0.0433. The fourth-order valence-corrected chi connectivity index (χ4v) is 4.67. The highest BCUT2D eigenvalue weighted by Gasteiger charge is 2.27. The lowest BCUT2D eigenvalue weighted by Crippen LogP contribution is -2.52. The first-order valence-corrected chi connectivity index (χ1v) is 10.4. The summed E-state index contributed by atoms with van der Waals surface area (Å²) in [7, 11) is 0. The summed E-state index contributed by atoms with van der Waals surface area (Å²) in [6.45, 7) is 6.02. The predicted octanol–water partition coefficient (Wildman–Crippen LogP) is 3.77. The first kappa shape index (κ1) is 17.7. The minimum Gasteiger partial charge on any atom is -0.372 e. The van der Waals surface area contributed by atoms with Crippen molar-refractivity contribution in [1.82, 2.24) is 9.80 Å². The summed E-state index contributed by atoms with van der Waals surface area (Å²) in [6, 6.07) is 9.16. The van der Waals surface area contributed by atoms with Crippen LogP contribution >= 0.6 is 0 Å². The third-order valence-electron chi connectivity index (χ3n) is 6.28. The molecule has 26 heavy (non-hydrogen) atoms. The number of hydrogen-bond acceptors (Lipinski definition) is 3. The second-order valence-corrected chi connectivity index (χ2v) is 7.99. The van der Waals surface area contributed by atoms with Gasteiger partial charge in [0.25, 0.3) is 0 Å². The molecule has 1 aromatic rings. The van der Waals surface area contributed by atoms with Crippen molar-refractivity contribution in [1.29, 1.82) is 0 Å². The Labute approximate surface area is 157 Å². The van der Waals surface area contributed by atoms with E-state index in [2.05, 4.69) is 27.2 Å². The second kappa shape index (κ2) is 8.30. The van der Waals surface area contributed by atoms with Gasteiger partial charge >= 0.3 is 6.03 Å². The standard InChI is InChI=1S/C21H32N4O/c26-21(25-16-14-24(15-17-25)19-6-2-3-7-19)22-18-8-10-20(11-9-18)23-12-4-1-5-13-23/h8-11,19H,1-7,12-17H2,(H,22,26). The molecule has 0 bridgehead atoms. The molecule has 2 aliphatic heterocycles. The van der Waals surface area contributed by atoms with Crippen molar-refractivity contribution in [3.63, 3.8) is 0 Å². The quantitative estimate of drug-likeness (QED) is 0.896. The largest absolute Gasteiger partial charge is 0.372 e. The van der Waals surface area contributed by atoms with Gasteiger partial charge in [-0.2, -0.15) is 0 Å². The maximum absolute atomic E-state index is 12.6. The number of anilines is 2. The lowest BCUT2D eigenvalue weighted by Gasteiger charge is -2.38. The molecule has 1 aromatic carbocycles. The Morgan fingerprint density at radius 1 is 0.808 bits per heavy atom. The van der Waals surface area contributed by atoms with E-state index in [1.807, 2.05) is 17.0 Å². The van der Waals surface area contributed by atoms with Gasteiger partial charge in [-0.1, -0.05) is 12.8 Å². The van der Waals surface area contributed by atoms with E-state index in [1.54, 1.807) is 0 Å². The molecule has 0 spiro atoms. The molecule has 142 valence electrons. The van der Waals surface area contributed by atoms with E-state index >= 15 is 0 Å². The van der Waals surface area contributed by atoms with Gasteiger partial charge in [-0.15, -0.1) is 0 Å². The smallest absolute Gasteiger partial charge is 0.321 e. The van der Waals surface area contributed by atoms with Crippen LogP contribution in [0.5, 0.6) is 0 Å². The normalized spacial score (nSPS) is 22.6. The number of piperazine rings is 1. The SMILES string of the molecule is O=C(Nc1ccc(N2CCCCC2)cc1)N1CCN(C2CCCC2)CC1. The lowest BCUT2D eigenvalue weighted by molar-refractivity contribution is 0.115. The van der Waals surface area contributed by atoms with Gasteiger partial charge in [0.15, 0.2) is 0 Å². The molecule has 0 atom stereocenters. The van der Waals surface area contributed by atoms with Crippen LogP contribution in [0.2, 0.25) is 0 Å². The van der Waals surface area contributed by atoms with E-state index in [4.69, 9.17) is 0 Å². The van der Waals surface area contributed by atoms with Crippen LogP contribution in [0.15, 0.2) is 24.3 Å². The molecule has 3 aliphatic rings. The molecule has 3 fully saturated rings. The zero-order valence-corrected chi connectivity index (χ0v) is 15.8. The highest BCUT2D eigenvalue weighted by Crippen LogP contribution is 2.25. The molecule has 5 heteroatoms. The summed E-state index contributed by atoms with van der Waals surface area (Å²) in [4.78, 5) is 19.6. The highest BCUT2D eigenvalue weighted by molar-refractivity contribution is 5.89. The van der Waals surface area contributed by atoms with Crippen molar-refractivity contribution >= 4 is 17.4 Å². The van der Waals surface area contributed by atoms with Crippen molar-refractivity contribution in [2.45, 2.75) is 51.0 Å². The molecule has 1 aliphatic carbocycles. The van der Waals surface area contributed by atoms with Gasteiger partial charge in [0.1, 0.15) is 0 Å². The molecule has 0 aromatic heterocycles. The molecule has 1 N–H and O–H groups in total. The predicted molar refractivity (Wildman–Crippen MR) is 107 cm³/mol. The Morgan fingerprint density at radius 3 is 2.12 bits per heavy atom. The van der Waals surface area contributed by atoms with Crippen molar-refractivity contribution < 1.29 is 4.79 Å². The minimum atomic E-state index is 0.0433. The van der Waals surface area contributed by atoms with Crippen molar-refractivity contribution in [3.8, 4) is 0 Å². The van der Waals surface area contributed by atoms with Gasteiger partial charge in [-0.25, -0.2) is 4.79 Å². The Kier molecular flexibility index (Phi) is 5.63. The molecule has 2 heterocycles. The maximum atomic E-state index is 12.6. The molecular weight excluding hydrogens is 324 g/mol. The van der Waals surface area contributed by atoms with E-state index in [0.29, 0.717) is 0 Å². The van der Waals surface area contributed by atoms with Crippen molar-refractivity contribution in [2.75, 3.05) is 49.5 Å². The Bertz CT molecular complexity index is 583. The first-order valence-electron chi connectivity index (χ1n) is 10.4. The Balaban J connectivity index is 1.26.